The molecule has 0 atom stereocenters. The third-order valence-electron chi connectivity index (χ3n) is 1.84. The predicted octanol–water partition coefficient (Wildman–Crippen LogP) is 3.17. The number of hydrogen-bond donors (Lipinski definition) is 0. The molecule has 0 heterocycles. The zero-order chi connectivity index (χ0) is 13.6. The maximum Gasteiger partial charge on any atom is 0.411 e. The summed E-state index contributed by atoms with van der Waals surface area (Å²) >= 11 is 5.75. The minimum absolute atomic E-state index is 0.0922. The van der Waals surface area contributed by atoms with Gasteiger partial charge in [-0.2, -0.15) is 18.4 Å². The molecule has 0 saturated carbocycles. The lowest BCUT2D eigenvalue weighted by molar-refractivity contribution is -0.175. The fraction of sp³-hybridized carbons (Fsp3) is 0.364. The largest absolute Gasteiger partial charge is 0.490 e. The summed E-state index contributed by atoms with van der Waals surface area (Å²) in [5, 5.41) is 9.04. The molecule has 0 aliphatic carbocycles. The molecule has 0 spiro atoms. The molecule has 3 nitrogen and oxygen atoms in total. The van der Waals surface area contributed by atoms with Gasteiger partial charge in [-0.15, -0.1) is 0 Å². The van der Waals surface area contributed by atoms with Crippen molar-refractivity contribution >= 4 is 11.6 Å². The highest BCUT2D eigenvalue weighted by Gasteiger charge is 2.27. The van der Waals surface area contributed by atoms with E-state index in [0.717, 1.165) is 0 Å². The van der Waals surface area contributed by atoms with Gasteiger partial charge in [0, 0.05) is 0 Å². The number of ether oxygens (including phenoxy) is 2. The zero-order valence-electron chi connectivity index (χ0n) is 9.13. The molecule has 0 bridgehead atoms. The molecule has 0 aliphatic heterocycles. The monoisotopic (exact) mass is 279 g/mol. The molecular weight excluding hydrogens is 271 g/mol. The van der Waals surface area contributed by atoms with Gasteiger partial charge in [0.2, 0.25) is 0 Å². The molecule has 1 aromatic rings. The molecule has 0 N–H and O–H groups in total. The van der Waals surface area contributed by atoms with Crippen molar-refractivity contribution in [3.8, 4) is 11.8 Å². The summed E-state index contributed by atoms with van der Waals surface area (Å²) in [5.41, 5.74) is 0.148. The number of benzene rings is 1. The minimum atomic E-state index is -4.35. The summed E-state index contributed by atoms with van der Waals surface area (Å²) in [6.45, 7) is -1.64. The van der Waals surface area contributed by atoms with Gasteiger partial charge in [0.15, 0.2) is 0 Å². The number of alkyl halides is 3. The summed E-state index contributed by atoms with van der Waals surface area (Å²) in [7, 11) is 0. The van der Waals surface area contributed by atoms with Crippen LogP contribution in [0, 0.1) is 11.3 Å². The van der Waals surface area contributed by atoms with Crippen LogP contribution in [0.5, 0.6) is 5.75 Å². The molecule has 0 aliphatic rings. The second-order valence-electron chi connectivity index (χ2n) is 3.24. The topological polar surface area (TPSA) is 42.2 Å². The van der Waals surface area contributed by atoms with E-state index in [9.17, 15) is 13.2 Å². The summed E-state index contributed by atoms with van der Waals surface area (Å²) in [6, 6.07) is 6.46. The maximum atomic E-state index is 11.8. The molecule has 0 amide bonds. The zero-order valence-corrected chi connectivity index (χ0v) is 9.88. The van der Waals surface area contributed by atoms with Crippen molar-refractivity contribution in [3.63, 3.8) is 0 Å². The van der Waals surface area contributed by atoms with Crippen LogP contribution in [0.2, 0.25) is 5.02 Å². The molecule has 98 valence electrons. The van der Waals surface area contributed by atoms with Gasteiger partial charge in [-0.1, -0.05) is 17.7 Å². The van der Waals surface area contributed by atoms with Crippen LogP contribution in [-0.4, -0.2) is 26.0 Å². The van der Waals surface area contributed by atoms with Gasteiger partial charge < -0.3 is 9.47 Å². The average Bonchev–Trinajstić information content (AvgIpc) is 2.27. The highest BCUT2D eigenvalue weighted by atomic mass is 35.5. The fourth-order valence-corrected chi connectivity index (χ4v) is 1.34. The second kappa shape index (κ2) is 6.47. The Morgan fingerprint density at radius 2 is 2.00 bits per heavy atom. The molecule has 0 aromatic heterocycles. The SMILES string of the molecule is N#Cc1c(Cl)cccc1OCCOCC(F)(F)F. The second-order valence-corrected chi connectivity index (χ2v) is 3.65. The van der Waals surface area contributed by atoms with Crippen LogP contribution >= 0.6 is 11.6 Å². The minimum Gasteiger partial charge on any atom is -0.490 e. The molecular formula is C11H9ClF3NO2. The molecule has 0 unspecified atom stereocenters. The summed E-state index contributed by atoms with van der Waals surface area (Å²) in [6.07, 6.45) is -4.35. The normalized spacial score (nSPS) is 11.1. The van der Waals surface area contributed by atoms with Crippen molar-refractivity contribution < 1.29 is 22.6 Å². The molecule has 1 rings (SSSR count). The van der Waals surface area contributed by atoms with E-state index in [1.807, 2.05) is 6.07 Å². The summed E-state index contributed by atoms with van der Waals surface area (Å²) in [4.78, 5) is 0. The van der Waals surface area contributed by atoms with Crippen LogP contribution in [-0.2, 0) is 4.74 Å². The Labute approximate surface area is 107 Å². The van der Waals surface area contributed by atoms with Gasteiger partial charge >= 0.3 is 6.18 Å². The average molecular weight is 280 g/mol. The van der Waals surface area contributed by atoms with Crippen LogP contribution < -0.4 is 4.74 Å². The molecule has 0 radical (unpaired) electrons. The van der Waals surface area contributed by atoms with Gasteiger partial charge in [-0.05, 0) is 12.1 Å². The van der Waals surface area contributed by atoms with E-state index in [-0.39, 0.29) is 29.5 Å². The van der Waals surface area contributed by atoms with E-state index < -0.39 is 12.8 Å². The first-order valence-electron chi connectivity index (χ1n) is 4.90. The highest BCUT2D eigenvalue weighted by molar-refractivity contribution is 6.31. The lowest BCUT2D eigenvalue weighted by Gasteiger charge is -2.10. The van der Waals surface area contributed by atoms with Gasteiger partial charge in [-0.25, -0.2) is 0 Å². The van der Waals surface area contributed by atoms with Crippen LogP contribution in [0.25, 0.3) is 0 Å². The van der Waals surface area contributed by atoms with Crippen LogP contribution in [0.3, 0.4) is 0 Å². The number of hydrogen-bond acceptors (Lipinski definition) is 3. The molecule has 18 heavy (non-hydrogen) atoms. The highest BCUT2D eigenvalue weighted by Crippen LogP contribution is 2.25. The maximum absolute atomic E-state index is 11.8. The Kier molecular flexibility index (Phi) is 5.25. The first-order chi connectivity index (χ1) is 8.44. The number of nitriles is 1. The van der Waals surface area contributed by atoms with Crippen molar-refractivity contribution in [1.82, 2.24) is 0 Å². The van der Waals surface area contributed by atoms with Crippen LogP contribution in [0.15, 0.2) is 18.2 Å². The third kappa shape index (κ3) is 4.82. The summed E-state index contributed by atoms with van der Waals surface area (Å²) in [5.74, 6) is 0.223. The van der Waals surface area contributed by atoms with Crippen molar-refractivity contribution in [2.75, 3.05) is 19.8 Å². The van der Waals surface area contributed by atoms with Gasteiger partial charge in [0.25, 0.3) is 0 Å². The summed E-state index contributed by atoms with van der Waals surface area (Å²) < 4.78 is 44.7. The van der Waals surface area contributed by atoms with E-state index in [0.29, 0.717) is 0 Å². The Hall–Kier alpha value is -1.45. The van der Waals surface area contributed by atoms with E-state index in [4.69, 9.17) is 21.6 Å². The van der Waals surface area contributed by atoms with Gasteiger partial charge in [0.05, 0.1) is 11.6 Å². The Bertz CT molecular complexity index is 443. The lowest BCUT2D eigenvalue weighted by Crippen LogP contribution is -2.19. The Morgan fingerprint density at radius 3 is 2.61 bits per heavy atom. The first kappa shape index (κ1) is 14.6. The van der Waals surface area contributed by atoms with E-state index in [1.165, 1.54) is 12.1 Å². The van der Waals surface area contributed by atoms with Crippen molar-refractivity contribution in [3.05, 3.63) is 28.8 Å². The molecule has 0 saturated heterocycles. The molecule has 7 heteroatoms. The van der Waals surface area contributed by atoms with Crippen LogP contribution in [0.1, 0.15) is 5.56 Å². The molecule has 0 fully saturated rings. The molecule has 1 aromatic carbocycles. The van der Waals surface area contributed by atoms with E-state index >= 15 is 0 Å². The smallest absolute Gasteiger partial charge is 0.411 e. The van der Waals surface area contributed by atoms with Crippen molar-refractivity contribution in [2.24, 2.45) is 0 Å². The van der Waals surface area contributed by atoms with Gasteiger partial charge in [-0.3, -0.25) is 0 Å². The fourth-order valence-electron chi connectivity index (χ4n) is 1.13. The lowest BCUT2D eigenvalue weighted by atomic mass is 10.2. The van der Waals surface area contributed by atoms with E-state index in [2.05, 4.69) is 4.74 Å². The Morgan fingerprint density at radius 1 is 1.28 bits per heavy atom. The first-order valence-corrected chi connectivity index (χ1v) is 5.28. The van der Waals surface area contributed by atoms with Crippen molar-refractivity contribution in [1.29, 1.82) is 5.26 Å². The number of nitrogens with zero attached hydrogens (tertiary/aromatic N) is 1. The predicted molar refractivity (Wildman–Crippen MR) is 58.5 cm³/mol. The van der Waals surface area contributed by atoms with Crippen molar-refractivity contribution in [2.45, 2.75) is 6.18 Å². The standard InChI is InChI=1S/C11H9ClF3NO2/c12-9-2-1-3-10(8(9)6-16)18-5-4-17-7-11(13,14)15/h1-3H,4-5,7H2. The quantitative estimate of drug-likeness (QED) is 0.778. The van der Waals surface area contributed by atoms with E-state index in [1.54, 1.807) is 6.07 Å². The van der Waals surface area contributed by atoms with Crippen LogP contribution in [0.4, 0.5) is 13.2 Å². The third-order valence-corrected chi connectivity index (χ3v) is 2.15. The number of rotatable bonds is 5. The van der Waals surface area contributed by atoms with Gasteiger partial charge in [0.1, 0.15) is 30.6 Å². The number of halogens is 4. The Balaban J connectivity index is 2.41.